The Morgan fingerprint density at radius 1 is 1.26 bits per heavy atom. The molecular formula is C16H27Cl3N2O2. The van der Waals surface area contributed by atoms with Crippen LogP contribution in [0.4, 0.5) is 0 Å². The second-order valence-electron chi connectivity index (χ2n) is 5.98. The summed E-state index contributed by atoms with van der Waals surface area (Å²) >= 11 is 6.16. The van der Waals surface area contributed by atoms with Gasteiger partial charge in [0.25, 0.3) is 0 Å². The summed E-state index contributed by atoms with van der Waals surface area (Å²) in [7, 11) is 1.55. The molecule has 1 atom stereocenters. The molecule has 1 heterocycles. The summed E-state index contributed by atoms with van der Waals surface area (Å²) in [5.41, 5.74) is 1.12. The number of aromatic hydroxyl groups is 1. The summed E-state index contributed by atoms with van der Waals surface area (Å²) in [5.74, 6) is 1.05. The number of hydrogen-bond acceptors (Lipinski definition) is 4. The molecule has 1 aromatic rings. The number of halogens is 3. The molecule has 2 rings (SSSR count). The zero-order chi connectivity index (χ0) is 15.4. The van der Waals surface area contributed by atoms with Gasteiger partial charge in [-0.3, -0.25) is 4.90 Å². The first-order chi connectivity index (χ1) is 10.0. The Morgan fingerprint density at radius 2 is 1.87 bits per heavy atom. The lowest BCUT2D eigenvalue weighted by atomic mass is 9.94. The van der Waals surface area contributed by atoms with Crippen molar-refractivity contribution in [3.8, 4) is 11.5 Å². The zero-order valence-electron chi connectivity index (χ0n) is 13.8. The molecule has 0 spiro atoms. The van der Waals surface area contributed by atoms with E-state index in [-0.39, 0.29) is 30.6 Å². The van der Waals surface area contributed by atoms with E-state index in [9.17, 15) is 5.11 Å². The van der Waals surface area contributed by atoms with Crippen molar-refractivity contribution >= 4 is 36.4 Å². The normalized spacial score (nSPS) is 16.4. The summed E-state index contributed by atoms with van der Waals surface area (Å²) in [6.45, 7) is 8.54. The molecule has 7 heteroatoms. The molecular weight excluding hydrogens is 359 g/mol. The number of methoxy groups -OCH3 is 1. The van der Waals surface area contributed by atoms with Crippen molar-refractivity contribution in [3.05, 3.63) is 22.7 Å². The first-order valence-electron chi connectivity index (χ1n) is 7.54. The fourth-order valence-corrected chi connectivity index (χ4v) is 3.10. The van der Waals surface area contributed by atoms with Crippen molar-refractivity contribution < 1.29 is 9.84 Å². The van der Waals surface area contributed by atoms with Crippen molar-refractivity contribution in [2.24, 2.45) is 5.92 Å². The van der Waals surface area contributed by atoms with Crippen molar-refractivity contribution in [1.82, 2.24) is 10.2 Å². The number of nitrogens with zero attached hydrogens (tertiary/aromatic N) is 1. The first-order valence-corrected chi connectivity index (χ1v) is 7.92. The molecule has 1 aliphatic rings. The van der Waals surface area contributed by atoms with Gasteiger partial charge in [0.2, 0.25) is 0 Å². The van der Waals surface area contributed by atoms with Gasteiger partial charge in [0.1, 0.15) is 0 Å². The molecule has 0 radical (unpaired) electrons. The minimum Gasteiger partial charge on any atom is -0.503 e. The number of nitrogens with one attached hydrogen (secondary N) is 1. The average molecular weight is 386 g/mol. The number of hydrogen-bond donors (Lipinski definition) is 2. The van der Waals surface area contributed by atoms with Crippen LogP contribution < -0.4 is 10.1 Å². The predicted octanol–water partition coefficient (Wildman–Crippen LogP) is 3.89. The second-order valence-corrected chi connectivity index (χ2v) is 6.39. The molecule has 0 amide bonds. The third-order valence-electron chi connectivity index (χ3n) is 3.94. The highest BCUT2D eigenvalue weighted by Crippen LogP contribution is 2.39. The van der Waals surface area contributed by atoms with Crippen molar-refractivity contribution in [1.29, 1.82) is 0 Å². The molecule has 1 saturated heterocycles. The first kappa shape index (κ1) is 22.6. The fourth-order valence-electron chi connectivity index (χ4n) is 2.88. The summed E-state index contributed by atoms with van der Waals surface area (Å²) in [6, 6.07) is 4.09. The maximum absolute atomic E-state index is 9.92. The Kier molecular flexibility index (Phi) is 10.3. The molecule has 1 fully saturated rings. The summed E-state index contributed by atoms with van der Waals surface area (Å²) in [4.78, 5) is 2.48. The lowest BCUT2D eigenvalue weighted by Crippen LogP contribution is -2.45. The van der Waals surface area contributed by atoms with Crippen LogP contribution in [0.15, 0.2) is 12.1 Å². The van der Waals surface area contributed by atoms with Crippen LogP contribution in [0.5, 0.6) is 11.5 Å². The van der Waals surface area contributed by atoms with Crippen LogP contribution in [-0.4, -0.2) is 43.3 Å². The van der Waals surface area contributed by atoms with Gasteiger partial charge in [-0.1, -0.05) is 25.4 Å². The molecule has 0 saturated carbocycles. The van der Waals surface area contributed by atoms with Crippen molar-refractivity contribution in [2.45, 2.75) is 26.3 Å². The van der Waals surface area contributed by atoms with Gasteiger partial charge in [-0.2, -0.15) is 0 Å². The van der Waals surface area contributed by atoms with E-state index in [1.54, 1.807) is 7.11 Å². The largest absolute Gasteiger partial charge is 0.503 e. The molecule has 1 aromatic carbocycles. The molecule has 2 N–H and O–H groups in total. The summed E-state index contributed by atoms with van der Waals surface area (Å²) < 4.78 is 5.24. The van der Waals surface area contributed by atoms with Crippen LogP contribution in [0.2, 0.25) is 5.02 Å². The average Bonchev–Trinajstić information content (AvgIpc) is 2.48. The van der Waals surface area contributed by atoms with Crippen LogP contribution in [-0.2, 0) is 0 Å². The van der Waals surface area contributed by atoms with E-state index >= 15 is 0 Å². The zero-order valence-corrected chi connectivity index (χ0v) is 16.2. The minimum absolute atomic E-state index is 0. The predicted molar refractivity (Wildman–Crippen MR) is 101 cm³/mol. The Morgan fingerprint density at radius 3 is 2.39 bits per heavy atom. The van der Waals surface area contributed by atoms with E-state index < -0.39 is 0 Å². The highest BCUT2D eigenvalue weighted by molar-refractivity contribution is 6.32. The van der Waals surface area contributed by atoms with Crippen LogP contribution in [0.1, 0.15) is 31.9 Å². The van der Waals surface area contributed by atoms with Gasteiger partial charge >= 0.3 is 0 Å². The second kappa shape index (κ2) is 10.5. The van der Waals surface area contributed by atoms with E-state index in [0.717, 1.165) is 38.2 Å². The van der Waals surface area contributed by atoms with E-state index in [1.807, 2.05) is 12.1 Å². The van der Waals surface area contributed by atoms with Gasteiger partial charge < -0.3 is 15.2 Å². The third kappa shape index (κ3) is 5.87. The summed E-state index contributed by atoms with van der Waals surface area (Å²) in [6.07, 6.45) is 1.06. The number of ether oxygens (including phenoxy) is 1. The monoisotopic (exact) mass is 384 g/mol. The highest BCUT2D eigenvalue weighted by Gasteiger charge is 2.25. The van der Waals surface area contributed by atoms with Crippen LogP contribution in [0.25, 0.3) is 0 Å². The number of phenols is 1. The molecule has 134 valence electrons. The van der Waals surface area contributed by atoms with Crippen LogP contribution in [0.3, 0.4) is 0 Å². The van der Waals surface area contributed by atoms with Gasteiger partial charge in [0, 0.05) is 32.2 Å². The Labute approximate surface area is 156 Å². The van der Waals surface area contributed by atoms with E-state index in [4.69, 9.17) is 16.3 Å². The number of piperazine rings is 1. The Bertz CT molecular complexity index is 481. The van der Waals surface area contributed by atoms with Crippen molar-refractivity contribution in [3.63, 3.8) is 0 Å². The third-order valence-corrected chi connectivity index (χ3v) is 4.23. The van der Waals surface area contributed by atoms with Gasteiger partial charge in [0.15, 0.2) is 11.5 Å². The molecule has 0 aromatic heterocycles. The van der Waals surface area contributed by atoms with Crippen LogP contribution >= 0.6 is 36.4 Å². The van der Waals surface area contributed by atoms with Gasteiger partial charge in [-0.05, 0) is 30.0 Å². The molecule has 23 heavy (non-hydrogen) atoms. The highest BCUT2D eigenvalue weighted by atomic mass is 35.5. The van der Waals surface area contributed by atoms with E-state index in [2.05, 4.69) is 24.1 Å². The molecule has 0 bridgehead atoms. The van der Waals surface area contributed by atoms with Gasteiger partial charge in [-0.15, -0.1) is 24.8 Å². The molecule has 1 aliphatic heterocycles. The number of rotatable bonds is 5. The number of benzene rings is 1. The van der Waals surface area contributed by atoms with Crippen molar-refractivity contribution in [2.75, 3.05) is 33.3 Å². The topological polar surface area (TPSA) is 44.7 Å². The van der Waals surface area contributed by atoms with Crippen LogP contribution in [0, 0.1) is 5.92 Å². The van der Waals surface area contributed by atoms with Gasteiger partial charge in [-0.25, -0.2) is 0 Å². The maximum atomic E-state index is 9.92. The minimum atomic E-state index is 0. The molecule has 4 nitrogen and oxygen atoms in total. The maximum Gasteiger partial charge on any atom is 0.176 e. The summed E-state index contributed by atoms with van der Waals surface area (Å²) in [5, 5.41) is 13.7. The SMILES string of the molecule is COc1cc([C@H](CC(C)C)N2CCNCC2)cc(Cl)c1O.Cl.Cl. The quantitative estimate of drug-likeness (QED) is 0.807. The fraction of sp³-hybridized carbons (Fsp3) is 0.625. The standard InChI is InChI=1S/C16H25ClN2O2.2ClH/c1-11(2)8-14(19-6-4-18-5-7-19)12-9-13(17)16(20)15(10-12)21-3;;/h9-11,14,18,20H,4-8H2,1-3H3;2*1H/t14-;;/m0../s1. The number of phenolic OH excluding ortho intramolecular Hbond substituents is 1. The smallest absolute Gasteiger partial charge is 0.176 e. The van der Waals surface area contributed by atoms with E-state index in [1.165, 1.54) is 0 Å². The lowest BCUT2D eigenvalue weighted by Gasteiger charge is -2.36. The van der Waals surface area contributed by atoms with Gasteiger partial charge in [0.05, 0.1) is 12.1 Å². The molecule has 0 aliphatic carbocycles. The lowest BCUT2D eigenvalue weighted by molar-refractivity contribution is 0.154. The Hall–Kier alpha value is -0.390. The molecule has 0 unspecified atom stereocenters. The van der Waals surface area contributed by atoms with E-state index in [0.29, 0.717) is 22.7 Å². The Balaban J connectivity index is 0.00000242.